The van der Waals surface area contributed by atoms with E-state index >= 15 is 0 Å². The summed E-state index contributed by atoms with van der Waals surface area (Å²) < 4.78 is 0. The molecule has 0 saturated carbocycles. The van der Waals surface area contributed by atoms with Crippen molar-refractivity contribution in [2.24, 2.45) is 5.73 Å². The molecule has 1 heterocycles. The van der Waals surface area contributed by atoms with Crippen LogP contribution in [0.1, 0.15) is 64.7 Å². The lowest BCUT2D eigenvalue weighted by atomic mass is 9.90. The molecule has 0 radical (unpaired) electrons. The van der Waals surface area contributed by atoms with Crippen LogP contribution in [0.5, 0.6) is 0 Å². The lowest BCUT2D eigenvalue weighted by molar-refractivity contribution is -0.118. The quantitative estimate of drug-likeness (QED) is 0.889. The van der Waals surface area contributed by atoms with Gasteiger partial charge in [0.05, 0.1) is 5.69 Å². The van der Waals surface area contributed by atoms with Crippen LogP contribution in [0.15, 0.2) is 36.4 Å². The normalized spacial score (nSPS) is 13.4. The molecule has 0 aliphatic heterocycles. The van der Waals surface area contributed by atoms with Gasteiger partial charge in [-0.15, -0.1) is 0 Å². The number of benzene rings is 1. The van der Waals surface area contributed by atoms with Crippen LogP contribution in [0, 0.1) is 0 Å². The van der Waals surface area contributed by atoms with Gasteiger partial charge >= 0.3 is 0 Å². The van der Waals surface area contributed by atoms with E-state index in [0.717, 1.165) is 17.1 Å². The van der Waals surface area contributed by atoms with Gasteiger partial charge < -0.3 is 11.1 Å². The first-order valence-corrected chi connectivity index (χ1v) is 8.49. The number of nitrogens with one attached hydrogen (secondary N) is 1. The molecule has 0 fully saturated rings. The van der Waals surface area contributed by atoms with E-state index < -0.39 is 11.9 Å². The molecule has 1 atom stereocenters. The van der Waals surface area contributed by atoms with E-state index in [1.807, 2.05) is 36.4 Å². The number of hydrogen-bond acceptors (Lipinski definition) is 4. The highest BCUT2D eigenvalue weighted by atomic mass is 16.1. The monoisotopic (exact) mass is 340 g/mol. The molecule has 0 bridgehead atoms. The SMILES string of the molecule is CC(C)(C)c1cc(NC(C(N)=O)c2ccccc2)nc(C(C)(C)C)n1. The van der Waals surface area contributed by atoms with Crippen molar-refractivity contribution in [1.82, 2.24) is 9.97 Å². The molecule has 134 valence electrons. The summed E-state index contributed by atoms with van der Waals surface area (Å²) >= 11 is 0. The molecule has 2 rings (SSSR count). The molecular formula is C20H28N4O. The lowest BCUT2D eigenvalue weighted by Crippen LogP contribution is -2.29. The zero-order valence-electron chi connectivity index (χ0n) is 15.9. The van der Waals surface area contributed by atoms with Gasteiger partial charge in [0.1, 0.15) is 17.7 Å². The molecule has 1 aromatic carbocycles. The molecule has 1 aromatic heterocycles. The summed E-state index contributed by atoms with van der Waals surface area (Å²) in [5.74, 6) is 0.899. The summed E-state index contributed by atoms with van der Waals surface area (Å²) in [6, 6.07) is 10.7. The van der Waals surface area contributed by atoms with Crippen LogP contribution in [0.3, 0.4) is 0 Å². The van der Waals surface area contributed by atoms with Crippen LogP contribution in [0.25, 0.3) is 0 Å². The molecule has 25 heavy (non-hydrogen) atoms. The fourth-order valence-corrected chi connectivity index (χ4v) is 2.35. The summed E-state index contributed by atoms with van der Waals surface area (Å²) in [7, 11) is 0. The molecule has 0 spiro atoms. The molecule has 1 unspecified atom stereocenters. The topological polar surface area (TPSA) is 80.9 Å². The number of amides is 1. The Morgan fingerprint density at radius 2 is 1.60 bits per heavy atom. The zero-order valence-corrected chi connectivity index (χ0v) is 15.9. The second-order valence-electron chi connectivity index (χ2n) is 8.35. The summed E-state index contributed by atoms with van der Waals surface area (Å²) in [5, 5.41) is 3.19. The Balaban J connectivity index is 2.48. The van der Waals surface area contributed by atoms with Crippen molar-refractivity contribution in [1.29, 1.82) is 0 Å². The van der Waals surface area contributed by atoms with E-state index in [1.54, 1.807) is 0 Å². The average molecular weight is 340 g/mol. The second kappa shape index (κ2) is 6.82. The molecule has 5 heteroatoms. The van der Waals surface area contributed by atoms with E-state index in [-0.39, 0.29) is 10.8 Å². The molecule has 0 aliphatic rings. The number of carbonyl (C=O) groups excluding carboxylic acids is 1. The highest BCUT2D eigenvalue weighted by molar-refractivity contribution is 5.84. The Kier molecular flexibility index (Phi) is 5.16. The summed E-state index contributed by atoms with van der Waals surface area (Å²) in [6.45, 7) is 12.5. The van der Waals surface area contributed by atoms with Crippen molar-refractivity contribution in [3.63, 3.8) is 0 Å². The van der Waals surface area contributed by atoms with E-state index in [1.165, 1.54) is 0 Å². The van der Waals surface area contributed by atoms with Crippen LogP contribution in [0.2, 0.25) is 0 Å². The molecule has 3 N–H and O–H groups in total. The van der Waals surface area contributed by atoms with Gasteiger partial charge in [-0.3, -0.25) is 4.79 Å². The minimum atomic E-state index is -0.642. The number of hydrogen-bond donors (Lipinski definition) is 2. The summed E-state index contributed by atoms with van der Waals surface area (Å²) in [6.07, 6.45) is 0. The van der Waals surface area contributed by atoms with Gasteiger partial charge in [-0.05, 0) is 5.56 Å². The van der Waals surface area contributed by atoms with Crippen LogP contribution in [-0.4, -0.2) is 15.9 Å². The predicted molar refractivity (Wildman–Crippen MR) is 101 cm³/mol. The standard InChI is InChI=1S/C20H28N4O/c1-19(2,3)14-12-15(24-18(22-14)20(4,5)6)23-16(17(21)25)13-10-8-7-9-11-13/h7-12,16H,1-6H3,(H2,21,25)(H,22,23,24). The van der Waals surface area contributed by atoms with Gasteiger partial charge in [0.2, 0.25) is 5.91 Å². The predicted octanol–water partition coefficient (Wildman–Crippen LogP) is 3.71. The number of nitrogens with zero attached hydrogens (tertiary/aromatic N) is 2. The third kappa shape index (κ3) is 4.78. The molecule has 0 aliphatic carbocycles. The van der Waals surface area contributed by atoms with Crippen LogP contribution in [0.4, 0.5) is 5.82 Å². The first-order chi connectivity index (χ1) is 11.5. The molecule has 0 saturated heterocycles. The van der Waals surface area contributed by atoms with Crippen molar-refractivity contribution in [3.8, 4) is 0 Å². The summed E-state index contributed by atoms with van der Waals surface area (Å²) in [5.41, 5.74) is 7.02. The van der Waals surface area contributed by atoms with Gasteiger partial charge in [-0.25, -0.2) is 9.97 Å². The lowest BCUT2D eigenvalue weighted by Gasteiger charge is -2.25. The van der Waals surface area contributed by atoms with Crippen molar-refractivity contribution in [2.45, 2.75) is 58.4 Å². The first-order valence-electron chi connectivity index (χ1n) is 8.49. The molecule has 1 amide bonds. The number of carbonyl (C=O) groups is 1. The highest BCUT2D eigenvalue weighted by Gasteiger charge is 2.25. The van der Waals surface area contributed by atoms with Crippen molar-refractivity contribution in [3.05, 3.63) is 53.5 Å². The molecular weight excluding hydrogens is 312 g/mol. The molecule has 5 nitrogen and oxygen atoms in total. The van der Waals surface area contributed by atoms with E-state index in [0.29, 0.717) is 5.82 Å². The van der Waals surface area contributed by atoms with Crippen molar-refractivity contribution >= 4 is 11.7 Å². The fraction of sp³-hybridized carbons (Fsp3) is 0.450. The Morgan fingerprint density at radius 1 is 1.00 bits per heavy atom. The average Bonchev–Trinajstić information content (AvgIpc) is 2.51. The highest BCUT2D eigenvalue weighted by Crippen LogP contribution is 2.28. The summed E-state index contributed by atoms with van der Waals surface area (Å²) in [4.78, 5) is 21.4. The Hall–Kier alpha value is -2.43. The van der Waals surface area contributed by atoms with Crippen molar-refractivity contribution < 1.29 is 4.79 Å². The van der Waals surface area contributed by atoms with Gasteiger partial charge in [-0.1, -0.05) is 71.9 Å². The van der Waals surface area contributed by atoms with Crippen LogP contribution in [-0.2, 0) is 15.6 Å². The third-order valence-electron chi connectivity index (χ3n) is 3.88. The van der Waals surface area contributed by atoms with Crippen molar-refractivity contribution in [2.75, 3.05) is 5.32 Å². The Labute approximate surface area is 150 Å². The van der Waals surface area contributed by atoms with E-state index in [4.69, 9.17) is 10.7 Å². The van der Waals surface area contributed by atoms with E-state index in [2.05, 4.69) is 51.8 Å². The largest absolute Gasteiger partial charge is 0.368 e. The number of rotatable bonds is 4. The van der Waals surface area contributed by atoms with E-state index in [9.17, 15) is 4.79 Å². The minimum Gasteiger partial charge on any atom is -0.368 e. The number of anilines is 1. The second-order valence-corrected chi connectivity index (χ2v) is 8.35. The van der Waals surface area contributed by atoms with Gasteiger partial charge in [0.25, 0.3) is 0 Å². The zero-order chi connectivity index (χ0) is 18.8. The Bertz CT molecular complexity index is 710. The van der Waals surface area contributed by atoms with Gasteiger partial charge in [-0.2, -0.15) is 0 Å². The van der Waals surface area contributed by atoms with Gasteiger partial charge in [0.15, 0.2) is 0 Å². The number of nitrogens with two attached hydrogens (primary N) is 1. The molecule has 2 aromatic rings. The number of primary amides is 1. The third-order valence-corrected chi connectivity index (χ3v) is 3.88. The van der Waals surface area contributed by atoms with Crippen LogP contribution < -0.4 is 11.1 Å². The minimum absolute atomic E-state index is 0.131. The first kappa shape index (κ1) is 18.9. The maximum absolute atomic E-state index is 12.0. The maximum atomic E-state index is 12.0. The smallest absolute Gasteiger partial charge is 0.244 e. The van der Waals surface area contributed by atoms with Crippen LogP contribution >= 0.6 is 0 Å². The maximum Gasteiger partial charge on any atom is 0.244 e. The fourth-order valence-electron chi connectivity index (χ4n) is 2.35. The number of aromatic nitrogens is 2. The Morgan fingerprint density at radius 3 is 2.08 bits per heavy atom. The van der Waals surface area contributed by atoms with Gasteiger partial charge in [0, 0.05) is 16.9 Å².